The van der Waals surface area contributed by atoms with Crippen molar-refractivity contribution in [2.45, 2.75) is 67.0 Å². The van der Waals surface area contributed by atoms with Crippen molar-refractivity contribution in [2.24, 2.45) is 0 Å². The second-order valence-electron chi connectivity index (χ2n) is 9.61. The summed E-state index contributed by atoms with van der Waals surface area (Å²) in [6.07, 6.45) is 4.89. The standard InChI is InChI=1S/C29H35N3O5.C2H6.C2H4/c1-8-19(3)14-22(9-2)23-15-24(26(27(34)35)30-16-23)31-25(33)18-32(28(36)37-29(5,6)7)17-21-12-10-11-20(4)13-21;2*1-2/h9-16H,2-3,8,17-18H2,1,4-7H3,(H,31,33)(H,34,35);1-2H3;1-2H2/b22-14+;;. The molecule has 2 aromatic rings. The topological polar surface area (TPSA) is 109 Å². The number of carbonyl (C=O) groups is 3. The van der Waals surface area contributed by atoms with Gasteiger partial charge >= 0.3 is 12.1 Å². The Hall–Kier alpha value is -4.46. The zero-order valence-electron chi connectivity index (χ0n) is 25.5. The van der Waals surface area contributed by atoms with Crippen LogP contribution < -0.4 is 5.32 Å². The molecule has 0 saturated carbocycles. The van der Waals surface area contributed by atoms with Crippen LogP contribution in [0.4, 0.5) is 10.5 Å². The first-order valence-corrected chi connectivity index (χ1v) is 13.4. The number of aryl methyl sites for hydroxylation is 1. The Morgan fingerprint density at radius 1 is 1.15 bits per heavy atom. The number of ether oxygens (including phenoxy) is 1. The number of nitrogens with zero attached hydrogens (tertiary/aromatic N) is 2. The molecule has 0 saturated heterocycles. The number of benzene rings is 1. The average molecular weight is 564 g/mol. The van der Waals surface area contributed by atoms with Gasteiger partial charge in [-0.3, -0.25) is 9.69 Å². The average Bonchev–Trinajstić information content (AvgIpc) is 2.92. The minimum Gasteiger partial charge on any atom is -0.476 e. The third-order valence-corrected chi connectivity index (χ3v) is 5.17. The third-order valence-electron chi connectivity index (χ3n) is 5.17. The van der Waals surface area contributed by atoms with E-state index in [-0.39, 0.29) is 24.5 Å². The number of carboxylic acids is 1. The Morgan fingerprint density at radius 2 is 1.78 bits per heavy atom. The van der Waals surface area contributed by atoms with Gasteiger partial charge in [0.2, 0.25) is 5.91 Å². The second kappa shape index (κ2) is 18.0. The van der Waals surface area contributed by atoms with Gasteiger partial charge in [-0.2, -0.15) is 0 Å². The van der Waals surface area contributed by atoms with E-state index in [0.717, 1.165) is 23.1 Å². The molecule has 0 radical (unpaired) electrons. The molecule has 0 spiro atoms. The van der Waals surface area contributed by atoms with Crippen molar-refractivity contribution in [3.8, 4) is 0 Å². The molecule has 1 heterocycles. The number of hydrogen-bond donors (Lipinski definition) is 2. The number of nitrogens with one attached hydrogen (secondary N) is 1. The number of aromatic nitrogens is 1. The number of hydrogen-bond acceptors (Lipinski definition) is 5. The zero-order valence-corrected chi connectivity index (χ0v) is 25.5. The lowest BCUT2D eigenvalue weighted by atomic mass is 10.0. The van der Waals surface area contributed by atoms with Gasteiger partial charge < -0.3 is 15.2 Å². The summed E-state index contributed by atoms with van der Waals surface area (Å²) in [5.41, 5.74) is 2.86. The van der Waals surface area contributed by atoms with Gasteiger partial charge in [-0.15, -0.1) is 13.2 Å². The fourth-order valence-corrected chi connectivity index (χ4v) is 3.38. The molecule has 2 N–H and O–H groups in total. The number of pyridine rings is 1. The SMILES string of the molecule is C=C.C=C/C(=C\C(=C)CC)c1cnc(C(=O)O)c(NC(=O)CN(Cc2cccc(C)c2)C(=O)OC(C)(C)C)c1.CC. The summed E-state index contributed by atoms with van der Waals surface area (Å²) in [4.78, 5) is 43.1. The van der Waals surface area contributed by atoms with Gasteiger partial charge in [0, 0.05) is 18.3 Å². The van der Waals surface area contributed by atoms with Crippen LogP contribution in [0.15, 0.2) is 80.6 Å². The summed E-state index contributed by atoms with van der Waals surface area (Å²) in [5.74, 6) is -1.89. The first-order chi connectivity index (χ1) is 19.3. The molecule has 0 aliphatic rings. The van der Waals surface area contributed by atoms with E-state index in [4.69, 9.17) is 4.74 Å². The second-order valence-corrected chi connectivity index (χ2v) is 9.61. The van der Waals surface area contributed by atoms with Crippen molar-refractivity contribution in [2.75, 3.05) is 11.9 Å². The molecule has 0 bridgehead atoms. The van der Waals surface area contributed by atoms with Crippen molar-refractivity contribution >= 4 is 29.2 Å². The zero-order chi connectivity index (χ0) is 31.8. The van der Waals surface area contributed by atoms with Crippen molar-refractivity contribution in [3.05, 3.63) is 103 Å². The summed E-state index contributed by atoms with van der Waals surface area (Å²) in [7, 11) is 0. The Kier molecular flexibility index (Phi) is 16.0. The Morgan fingerprint density at radius 3 is 2.29 bits per heavy atom. The van der Waals surface area contributed by atoms with Gasteiger partial charge in [-0.05, 0) is 51.3 Å². The number of carboxylic acid groups (broad SMARTS) is 1. The molecule has 2 rings (SSSR count). The number of anilines is 1. The molecular formula is C33H45N3O5. The first-order valence-electron chi connectivity index (χ1n) is 13.4. The number of carbonyl (C=O) groups excluding carboxylic acids is 2. The molecule has 0 unspecified atom stereocenters. The highest BCUT2D eigenvalue weighted by Gasteiger charge is 2.25. The summed E-state index contributed by atoms with van der Waals surface area (Å²) in [5, 5.41) is 12.2. The van der Waals surface area contributed by atoms with E-state index in [1.165, 1.54) is 17.2 Å². The van der Waals surface area contributed by atoms with Crippen LogP contribution in [0, 0.1) is 6.92 Å². The van der Waals surface area contributed by atoms with Crippen LogP contribution in [-0.4, -0.2) is 45.1 Å². The van der Waals surface area contributed by atoms with E-state index >= 15 is 0 Å². The molecular weight excluding hydrogens is 518 g/mol. The van der Waals surface area contributed by atoms with Crippen molar-refractivity contribution < 1.29 is 24.2 Å². The normalized spacial score (nSPS) is 10.6. The maximum absolute atomic E-state index is 13.1. The van der Waals surface area contributed by atoms with Crippen LogP contribution >= 0.6 is 0 Å². The van der Waals surface area contributed by atoms with E-state index in [2.05, 4.69) is 36.6 Å². The van der Waals surface area contributed by atoms with Crippen LogP contribution in [0.2, 0.25) is 0 Å². The highest BCUT2D eigenvalue weighted by Crippen LogP contribution is 2.24. The van der Waals surface area contributed by atoms with Gasteiger partial charge in [-0.25, -0.2) is 14.6 Å². The van der Waals surface area contributed by atoms with E-state index in [1.54, 1.807) is 26.8 Å². The predicted molar refractivity (Wildman–Crippen MR) is 168 cm³/mol. The molecule has 222 valence electrons. The Balaban J connectivity index is 0.00000382. The molecule has 2 amide bonds. The highest BCUT2D eigenvalue weighted by atomic mass is 16.6. The fourth-order valence-electron chi connectivity index (χ4n) is 3.38. The van der Waals surface area contributed by atoms with Crippen molar-refractivity contribution in [3.63, 3.8) is 0 Å². The lowest BCUT2D eigenvalue weighted by Gasteiger charge is -2.27. The number of rotatable bonds is 10. The van der Waals surface area contributed by atoms with E-state index < -0.39 is 23.6 Å². The monoisotopic (exact) mass is 563 g/mol. The quantitative estimate of drug-likeness (QED) is 0.225. The third kappa shape index (κ3) is 13.0. The van der Waals surface area contributed by atoms with Gasteiger partial charge in [0.05, 0.1) is 5.69 Å². The molecule has 1 aromatic carbocycles. The predicted octanol–water partition coefficient (Wildman–Crippen LogP) is 7.83. The van der Waals surface area contributed by atoms with Crippen LogP contribution in [0.25, 0.3) is 5.57 Å². The minimum atomic E-state index is -1.30. The summed E-state index contributed by atoms with van der Waals surface area (Å²) in [6.45, 7) is 26.7. The molecule has 41 heavy (non-hydrogen) atoms. The molecule has 0 fully saturated rings. The molecule has 0 aliphatic heterocycles. The lowest BCUT2D eigenvalue weighted by Crippen LogP contribution is -2.41. The van der Waals surface area contributed by atoms with Crippen LogP contribution in [0.3, 0.4) is 0 Å². The highest BCUT2D eigenvalue weighted by molar-refractivity contribution is 6.01. The number of allylic oxidation sites excluding steroid dienone is 4. The number of amides is 2. The number of aromatic carboxylic acids is 1. The van der Waals surface area contributed by atoms with E-state index in [1.807, 2.05) is 58.0 Å². The lowest BCUT2D eigenvalue weighted by molar-refractivity contribution is -0.117. The van der Waals surface area contributed by atoms with E-state index in [0.29, 0.717) is 11.1 Å². The van der Waals surface area contributed by atoms with E-state index in [9.17, 15) is 19.5 Å². The molecule has 0 atom stereocenters. The van der Waals surface area contributed by atoms with Gasteiger partial charge in [0.25, 0.3) is 0 Å². The van der Waals surface area contributed by atoms with Gasteiger partial charge in [0.1, 0.15) is 12.1 Å². The minimum absolute atomic E-state index is 0.00422. The summed E-state index contributed by atoms with van der Waals surface area (Å²) < 4.78 is 5.50. The van der Waals surface area contributed by atoms with Gasteiger partial charge in [0.15, 0.2) is 5.69 Å². The first kappa shape index (κ1) is 36.5. The largest absolute Gasteiger partial charge is 0.476 e. The molecule has 8 nitrogen and oxygen atoms in total. The maximum Gasteiger partial charge on any atom is 0.411 e. The summed E-state index contributed by atoms with van der Waals surface area (Å²) >= 11 is 0. The Bertz CT molecular complexity index is 1240. The fraction of sp³-hybridized carbons (Fsp3) is 0.333. The van der Waals surface area contributed by atoms with Crippen LogP contribution in [-0.2, 0) is 16.1 Å². The van der Waals surface area contributed by atoms with Gasteiger partial charge in [-0.1, -0.05) is 81.5 Å². The summed E-state index contributed by atoms with van der Waals surface area (Å²) in [6, 6.07) is 9.09. The molecule has 8 heteroatoms. The van der Waals surface area contributed by atoms with Crippen molar-refractivity contribution in [1.82, 2.24) is 9.88 Å². The molecule has 0 aliphatic carbocycles. The van der Waals surface area contributed by atoms with Crippen molar-refractivity contribution in [1.29, 1.82) is 0 Å². The van der Waals surface area contributed by atoms with Crippen LogP contribution in [0.1, 0.15) is 75.1 Å². The molecule has 1 aromatic heterocycles. The smallest absolute Gasteiger partial charge is 0.411 e. The maximum atomic E-state index is 13.1. The Labute approximate surface area is 245 Å². The van der Waals surface area contributed by atoms with Crippen LogP contribution in [0.5, 0.6) is 0 Å².